The highest BCUT2D eigenvalue weighted by Gasteiger charge is 2.49. The van der Waals surface area contributed by atoms with Gasteiger partial charge in [0.1, 0.15) is 5.75 Å². The van der Waals surface area contributed by atoms with Gasteiger partial charge in [-0.3, -0.25) is 4.79 Å². The molecule has 1 N–H and O–H groups in total. The Morgan fingerprint density at radius 3 is 2.65 bits per heavy atom. The Bertz CT molecular complexity index is 534. The molecule has 0 heterocycles. The van der Waals surface area contributed by atoms with Crippen LogP contribution in [0.5, 0.6) is 5.75 Å². The summed E-state index contributed by atoms with van der Waals surface area (Å²) in [5, 5.41) is 3.05. The number of anilines is 1. The monoisotopic (exact) mass is 271 g/mol. The molecular weight excluding hydrogens is 250 g/mol. The standard InChI is InChI=1S/C17H21NO2/c1-3-20-15-8-6-14(7-9-15)18-16(19)17(2)11-12-4-5-13(17)10-12/h4-9,12-13H,3,10-11H2,1-2H3,(H,18,19)/t12-,13+,17+/m1/s1. The van der Waals surface area contributed by atoms with Gasteiger partial charge in [-0.1, -0.05) is 19.1 Å². The average Bonchev–Trinajstić information content (AvgIpc) is 3.02. The third kappa shape index (κ3) is 2.21. The molecule has 3 nitrogen and oxygen atoms in total. The van der Waals surface area contributed by atoms with Crippen LogP contribution in [-0.2, 0) is 4.79 Å². The molecule has 106 valence electrons. The molecule has 1 amide bonds. The van der Waals surface area contributed by atoms with Gasteiger partial charge >= 0.3 is 0 Å². The summed E-state index contributed by atoms with van der Waals surface area (Å²) in [4.78, 5) is 12.6. The number of carbonyl (C=O) groups is 1. The van der Waals surface area contributed by atoms with Gasteiger partial charge in [-0.25, -0.2) is 0 Å². The maximum Gasteiger partial charge on any atom is 0.230 e. The van der Waals surface area contributed by atoms with E-state index in [9.17, 15) is 4.79 Å². The molecular formula is C17H21NO2. The Balaban J connectivity index is 1.68. The summed E-state index contributed by atoms with van der Waals surface area (Å²) in [5.74, 6) is 1.96. The third-order valence-electron chi connectivity index (χ3n) is 4.62. The number of hydrogen-bond acceptors (Lipinski definition) is 2. The molecule has 2 bridgehead atoms. The van der Waals surface area contributed by atoms with Crippen LogP contribution >= 0.6 is 0 Å². The van der Waals surface area contributed by atoms with Gasteiger partial charge in [-0.05, 0) is 55.9 Å². The molecule has 2 aliphatic rings. The molecule has 0 aromatic heterocycles. The molecule has 1 aromatic rings. The van der Waals surface area contributed by atoms with E-state index in [1.54, 1.807) is 0 Å². The van der Waals surface area contributed by atoms with Crippen molar-refractivity contribution in [1.82, 2.24) is 0 Å². The fourth-order valence-corrected chi connectivity index (χ4v) is 3.43. The molecule has 0 radical (unpaired) electrons. The Morgan fingerprint density at radius 1 is 1.35 bits per heavy atom. The zero-order valence-corrected chi connectivity index (χ0v) is 12.1. The van der Waals surface area contributed by atoms with E-state index in [2.05, 4.69) is 24.4 Å². The maximum atomic E-state index is 12.6. The predicted molar refractivity (Wildman–Crippen MR) is 79.7 cm³/mol. The second-order valence-corrected chi connectivity index (χ2v) is 6.02. The van der Waals surface area contributed by atoms with Gasteiger partial charge in [0.05, 0.1) is 12.0 Å². The van der Waals surface area contributed by atoms with Gasteiger partial charge in [0.15, 0.2) is 0 Å². The van der Waals surface area contributed by atoms with Crippen LogP contribution in [-0.4, -0.2) is 12.5 Å². The lowest BCUT2D eigenvalue weighted by atomic mass is 9.77. The number of carbonyl (C=O) groups excluding carboxylic acids is 1. The Morgan fingerprint density at radius 2 is 2.10 bits per heavy atom. The largest absolute Gasteiger partial charge is 0.494 e. The minimum atomic E-state index is -0.252. The molecule has 2 aliphatic carbocycles. The van der Waals surface area contributed by atoms with Gasteiger partial charge in [-0.2, -0.15) is 0 Å². The van der Waals surface area contributed by atoms with E-state index in [0.29, 0.717) is 18.4 Å². The quantitative estimate of drug-likeness (QED) is 0.849. The molecule has 3 rings (SSSR count). The van der Waals surface area contributed by atoms with E-state index >= 15 is 0 Å². The summed E-state index contributed by atoms with van der Waals surface area (Å²) in [6.07, 6.45) is 6.58. The van der Waals surface area contributed by atoms with Crippen molar-refractivity contribution in [1.29, 1.82) is 0 Å². The highest BCUT2D eigenvalue weighted by Crippen LogP contribution is 2.52. The Hall–Kier alpha value is -1.77. The number of rotatable bonds is 4. The summed E-state index contributed by atoms with van der Waals surface area (Å²) in [5.41, 5.74) is 0.587. The lowest BCUT2D eigenvalue weighted by Crippen LogP contribution is -2.36. The van der Waals surface area contributed by atoms with Gasteiger partial charge in [0.25, 0.3) is 0 Å². The first-order valence-corrected chi connectivity index (χ1v) is 7.34. The Labute approximate surface area is 120 Å². The number of allylic oxidation sites excluding steroid dienone is 2. The fraction of sp³-hybridized carbons (Fsp3) is 0.471. The van der Waals surface area contributed by atoms with Crippen molar-refractivity contribution in [2.75, 3.05) is 11.9 Å². The van der Waals surface area contributed by atoms with Crippen molar-refractivity contribution in [3.8, 4) is 5.75 Å². The van der Waals surface area contributed by atoms with Crippen molar-refractivity contribution >= 4 is 11.6 Å². The normalized spacial score (nSPS) is 30.5. The SMILES string of the molecule is CCOc1ccc(NC(=O)[C@@]2(C)C[C@@H]3C=C[C@H]2C3)cc1. The third-order valence-corrected chi connectivity index (χ3v) is 4.62. The summed E-state index contributed by atoms with van der Waals surface area (Å²) in [6.45, 7) is 4.70. The van der Waals surface area contributed by atoms with E-state index in [4.69, 9.17) is 4.74 Å². The molecule has 1 aromatic carbocycles. The van der Waals surface area contributed by atoms with Crippen molar-refractivity contribution in [3.05, 3.63) is 36.4 Å². The molecule has 0 unspecified atom stereocenters. The Kier molecular flexibility index (Phi) is 3.28. The fourth-order valence-electron chi connectivity index (χ4n) is 3.43. The van der Waals surface area contributed by atoms with Gasteiger partial charge in [0.2, 0.25) is 5.91 Å². The molecule has 3 heteroatoms. The highest BCUT2D eigenvalue weighted by atomic mass is 16.5. The topological polar surface area (TPSA) is 38.3 Å². The summed E-state index contributed by atoms with van der Waals surface area (Å²) in [6, 6.07) is 7.58. The first-order valence-electron chi connectivity index (χ1n) is 7.34. The van der Waals surface area contributed by atoms with Crippen LogP contribution in [0, 0.1) is 17.3 Å². The average molecular weight is 271 g/mol. The first-order chi connectivity index (χ1) is 9.61. The second kappa shape index (κ2) is 4.97. The minimum absolute atomic E-state index is 0.138. The maximum absolute atomic E-state index is 12.6. The number of hydrogen-bond donors (Lipinski definition) is 1. The number of nitrogens with one attached hydrogen (secondary N) is 1. The molecule has 1 saturated carbocycles. The van der Waals surface area contributed by atoms with E-state index in [-0.39, 0.29) is 11.3 Å². The van der Waals surface area contributed by atoms with Crippen LogP contribution in [0.2, 0.25) is 0 Å². The van der Waals surface area contributed by atoms with Gasteiger partial charge in [-0.15, -0.1) is 0 Å². The van der Waals surface area contributed by atoms with Crippen LogP contribution in [0.1, 0.15) is 26.7 Å². The molecule has 20 heavy (non-hydrogen) atoms. The highest BCUT2D eigenvalue weighted by molar-refractivity contribution is 5.96. The van der Waals surface area contributed by atoms with Crippen molar-refractivity contribution in [3.63, 3.8) is 0 Å². The molecule has 0 saturated heterocycles. The van der Waals surface area contributed by atoms with Crippen molar-refractivity contribution in [2.45, 2.75) is 26.7 Å². The van der Waals surface area contributed by atoms with E-state index in [1.807, 2.05) is 31.2 Å². The van der Waals surface area contributed by atoms with Crippen LogP contribution in [0.25, 0.3) is 0 Å². The summed E-state index contributed by atoms with van der Waals surface area (Å²) >= 11 is 0. The lowest BCUT2D eigenvalue weighted by Gasteiger charge is -2.29. The smallest absolute Gasteiger partial charge is 0.230 e. The van der Waals surface area contributed by atoms with Crippen LogP contribution < -0.4 is 10.1 Å². The zero-order valence-electron chi connectivity index (χ0n) is 12.1. The van der Waals surface area contributed by atoms with Crippen LogP contribution in [0.4, 0.5) is 5.69 Å². The summed E-state index contributed by atoms with van der Waals surface area (Å²) in [7, 11) is 0. The molecule has 1 fully saturated rings. The van der Waals surface area contributed by atoms with Gasteiger partial charge < -0.3 is 10.1 Å². The number of ether oxygens (including phenoxy) is 1. The lowest BCUT2D eigenvalue weighted by molar-refractivity contribution is -0.126. The van der Waals surface area contributed by atoms with E-state index in [1.165, 1.54) is 0 Å². The molecule has 0 spiro atoms. The van der Waals surface area contributed by atoms with Crippen LogP contribution in [0.15, 0.2) is 36.4 Å². The second-order valence-electron chi connectivity index (χ2n) is 6.02. The van der Waals surface area contributed by atoms with E-state index < -0.39 is 0 Å². The van der Waals surface area contributed by atoms with Crippen LogP contribution in [0.3, 0.4) is 0 Å². The number of benzene rings is 1. The zero-order chi connectivity index (χ0) is 14.2. The van der Waals surface area contributed by atoms with Crippen molar-refractivity contribution < 1.29 is 9.53 Å². The number of amides is 1. The predicted octanol–water partition coefficient (Wildman–Crippen LogP) is 3.63. The van der Waals surface area contributed by atoms with Gasteiger partial charge in [0, 0.05) is 5.69 Å². The minimum Gasteiger partial charge on any atom is -0.494 e. The van der Waals surface area contributed by atoms with Crippen molar-refractivity contribution in [2.24, 2.45) is 17.3 Å². The molecule has 3 atom stereocenters. The summed E-state index contributed by atoms with van der Waals surface area (Å²) < 4.78 is 5.40. The molecule has 0 aliphatic heterocycles. The number of fused-ring (bicyclic) bond motifs is 2. The van der Waals surface area contributed by atoms with E-state index in [0.717, 1.165) is 24.3 Å². The first kappa shape index (κ1) is 13.2.